The SMILES string of the molecule is c1ccc(N(c2ccc(-c3cc4ccccc4c4ccccc34)cc2)c2cccc(-c3cccc4c3c3ccc5ccccc5c3n4-c3ccccc3)c2)cc1. The Morgan fingerprint density at radius 3 is 1.75 bits per heavy atom. The normalized spacial score (nSPS) is 11.6. The van der Waals surface area contributed by atoms with Gasteiger partial charge in [0.05, 0.1) is 11.0 Å². The number of aromatic nitrogens is 1. The van der Waals surface area contributed by atoms with Gasteiger partial charge in [0.25, 0.3) is 0 Å². The van der Waals surface area contributed by atoms with Crippen molar-refractivity contribution in [2.75, 3.05) is 4.90 Å². The Hall–Kier alpha value is -7.42. The molecule has 0 saturated heterocycles. The Bertz CT molecular complexity index is 3230. The van der Waals surface area contributed by atoms with E-state index in [9.17, 15) is 0 Å². The third-order valence-electron chi connectivity index (χ3n) is 11.3. The summed E-state index contributed by atoms with van der Waals surface area (Å²) in [7, 11) is 0. The summed E-state index contributed by atoms with van der Waals surface area (Å²) in [6.07, 6.45) is 0. The maximum Gasteiger partial charge on any atom is 0.0619 e. The monoisotopic (exact) mass is 712 g/mol. The first kappa shape index (κ1) is 32.0. The summed E-state index contributed by atoms with van der Waals surface area (Å²) in [5.41, 5.74) is 11.7. The molecule has 262 valence electrons. The fraction of sp³-hybridized carbons (Fsp3) is 0. The molecule has 0 amide bonds. The molecule has 0 aliphatic carbocycles. The van der Waals surface area contributed by atoms with E-state index in [1.165, 1.54) is 76.4 Å². The molecule has 0 aliphatic rings. The highest BCUT2D eigenvalue weighted by Gasteiger charge is 2.20. The van der Waals surface area contributed by atoms with Gasteiger partial charge in [-0.3, -0.25) is 0 Å². The van der Waals surface area contributed by atoms with E-state index in [0.29, 0.717) is 0 Å². The zero-order valence-electron chi connectivity index (χ0n) is 30.7. The molecule has 0 atom stereocenters. The van der Waals surface area contributed by atoms with Gasteiger partial charge in [0.2, 0.25) is 0 Å². The van der Waals surface area contributed by atoms with Crippen LogP contribution in [0.5, 0.6) is 0 Å². The van der Waals surface area contributed by atoms with Gasteiger partial charge < -0.3 is 9.47 Å². The second-order valence-corrected chi connectivity index (χ2v) is 14.5. The first-order valence-corrected chi connectivity index (χ1v) is 19.3. The molecule has 2 heteroatoms. The Morgan fingerprint density at radius 2 is 0.946 bits per heavy atom. The summed E-state index contributed by atoms with van der Waals surface area (Å²) in [5.74, 6) is 0. The standard InChI is InChI=1S/C54H36N2/c1-3-18-41(19-4-1)55(43-32-29-38(30-33-43)51-36-40-16-8-9-23-45(40)48-25-11-12-26-49(48)51)44-22-13-17-39(35-44)46-27-14-28-52-53(46)50-34-31-37-15-7-10-24-47(37)54(50)56(52)42-20-5-2-6-21-42/h1-36H. The predicted octanol–water partition coefficient (Wildman–Crippen LogP) is 15.0. The van der Waals surface area contributed by atoms with E-state index < -0.39 is 0 Å². The minimum atomic E-state index is 1.10. The van der Waals surface area contributed by atoms with Gasteiger partial charge in [0, 0.05) is 38.9 Å². The van der Waals surface area contributed by atoms with Crippen molar-refractivity contribution in [2.45, 2.75) is 0 Å². The fourth-order valence-electron chi connectivity index (χ4n) is 8.83. The lowest BCUT2D eigenvalue weighted by atomic mass is 9.93. The van der Waals surface area contributed by atoms with E-state index >= 15 is 0 Å². The van der Waals surface area contributed by atoms with E-state index in [0.717, 1.165) is 22.7 Å². The van der Waals surface area contributed by atoms with E-state index in [-0.39, 0.29) is 0 Å². The summed E-state index contributed by atoms with van der Waals surface area (Å²) in [5, 5.41) is 10.1. The maximum atomic E-state index is 2.44. The lowest BCUT2D eigenvalue weighted by Crippen LogP contribution is -2.09. The van der Waals surface area contributed by atoms with E-state index in [1.54, 1.807) is 0 Å². The van der Waals surface area contributed by atoms with Crippen LogP contribution in [0.15, 0.2) is 218 Å². The summed E-state index contributed by atoms with van der Waals surface area (Å²) in [6, 6.07) is 79.4. The average molecular weight is 713 g/mol. The number of anilines is 3. The summed E-state index contributed by atoms with van der Waals surface area (Å²) in [6.45, 7) is 0. The lowest BCUT2D eigenvalue weighted by molar-refractivity contribution is 1.19. The van der Waals surface area contributed by atoms with Gasteiger partial charge in [-0.15, -0.1) is 0 Å². The molecule has 0 saturated carbocycles. The molecule has 11 aromatic rings. The second kappa shape index (κ2) is 13.2. The number of benzene rings is 10. The number of hydrogen-bond acceptors (Lipinski definition) is 1. The molecule has 0 radical (unpaired) electrons. The van der Waals surface area contributed by atoms with Crippen molar-refractivity contribution in [1.82, 2.24) is 4.57 Å². The Labute approximate surface area is 325 Å². The van der Waals surface area contributed by atoms with Crippen molar-refractivity contribution in [3.05, 3.63) is 218 Å². The van der Waals surface area contributed by atoms with Crippen LogP contribution < -0.4 is 4.90 Å². The lowest BCUT2D eigenvalue weighted by Gasteiger charge is -2.26. The Morgan fingerprint density at radius 1 is 0.321 bits per heavy atom. The quantitative estimate of drug-likeness (QED) is 0.156. The fourth-order valence-corrected chi connectivity index (χ4v) is 8.83. The van der Waals surface area contributed by atoms with Gasteiger partial charge in [-0.25, -0.2) is 0 Å². The van der Waals surface area contributed by atoms with Crippen LogP contribution in [0.25, 0.3) is 82.1 Å². The number of fused-ring (bicyclic) bond motifs is 8. The van der Waals surface area contributed by atoms with Crippen LogP contribution in [-0.2, 0) is 0 Å². The van der Waals surface area contributed by atoms with E-state index in [2.05, 4.69) is 228 Å². The molecule has 0 N–H and O–H groups in total. The minimum Gasteiger partial charge on any atom is -0.310 e. The van der Waals surface area contributed by atoms with Crippen molar-refractivity contribution in [1.29, 1.82) is 0 Å². The first-order chi connectivity index (χ1) is 27.8. The predicted molar refractivity (Wildman–Crippen MR) is 239 cm³/mol. The van der Waals surface area contributed by atoms with E-state index in [4.69, 9.17) is 0 Å². The van der Waals surface area contributed by atoms with Crippen molar-refractivity contribution in [3.63, 3.8) is 0 Å². The summed E-state index contributed by atoms with van der Waals surface area (Å²) >= 11 is 0. The van der Waals surface area contributed by atoms with Gasteiger partial charge in [-0.1, -0.05) is 158 Å². The maximum absolute atomic E-state index is 2.44. The molecular weight excluding hydrogens is 677 g/mol. The van der Waals surface area contributed by atoms with Crippen LogP contribution >= 0.6 is 0 Å². The van der Waals surface area contributed by atoms with E-state index in [1.807, 2.05) is 0 Å². The molecule has 0 bridgehead atoms. The number of hydrogen-bond donors (Lipinski definition) is 0. The molecule has 0 unspecified atom stereocenters. The molecule has 10 aromatic carbocycles. The second-order valence-electron chi connectivity index (χ2n) is 14.5. The van der Waals surface area contributed by atoms with Gasteiger partial charge in [0.1, 0.15) is 0 Å². The van der Waals surface area contributed by atoms with Gasteiger partial charge in [0.15, 0.2) is 0 Å². The highest BCUT2D eigenvalue weighted by molar-refractivity contribution is 6.22. The summed E-state index contributed by atoms with van der Waals surface area (Å²) in [4.78, 5) is 2.37. The smallest absolute Gasteiger partial charge is 0.0619 e. The molecule has 11 rings (SSSR count). The topological polar surface area (TPSA) is 8.17 Å². The highest BCUT2D eigenvalue weighted by atomic mass is 15.1. The van der Waals surface area contributed by atoms with Crippen molar-refractivity contribution < 1.29 is 0 Å². The minimum absolute atomic E-state index is 1.10. The van der Waals surface area contributed by atoms with Crippen molar-refractivity contribution in [3.8, 4) is 27.9 Å². The van der Waals surface area contributed by atoms with Crippen molar-refractivity contribution in [2.24, 2.45) is 0 Å². The molecule has 1 aromatic heterocycles. The van der Waals surface area contributed by atoms with Crippen LogP contribution in [-0.4, -0.2) is 4.57 Å². The molecule has 2 nitrogen and oxygen atoms in total. The Kier molecular flexibility index (Phi) is 7.53. The van der Waals surface area contributed by atoms with Crippen LogP contribution in [0.4, 0.5) is 17.1 Å². The number of para-hydroxylation sites is 2. The van der Waals surface area contributed by atoms with Crippen LogP contribution in [0, 0.1) is 0 Å². The van der Waals surface area contributed by atoms with Gasteiger partial charge in [-0.2, -0.15) is 0 Å². The number of nitrogens with zero attached hydrogens (tertiary/aromatic N) is 2. The van der Waals surface area contributed by atoms with Crippen molar-refractivity contribution >= 4 is 71.2 Å². The van der Waals surface area contributed by atoms with Gasteiger partial charge >= 0.3 is 0 Å². The first-order valence-electron chi connectivity index (χ1n) is 19.3. The molecule has 0 aliphatic heterocycles. The molecule has 0 spiro atoms. The van der Waals surface area contributed by atoms with Gasteiger partial charge in [-0.05, 0) is 110 Å². The Balaban J connectivity index is 1.07. The largest absolute Gasteiger partial charge is 0.310 e. The highest BCUT2D eigenvalue weighted by Crippen LogP contribution is 2.44. The number of rotatable bonds is 6. The van der Waals surface area contributed by atoms with Crippen LogP contribution in [0.1, 0.15) is 0 Å². The summed E-state index contributed by atoms with van der Waals surface area (Å²) < 4.78 is 2.44. The van der Waals surface area contributed by atoms with Crippen LogP contribution in [0.2, 0.25) is 0 Å². The average Bonchev–Trinajstić information content (AvgIpc) is 3.62. The molecule has 1 heterocycles. The zero-order valence-corrected chi connectivity index (χ0v) is 30.7. The third-order valence-corrected chi connectivity index (χ3v) is 11.3. The molecule has 0 fully saturated rings. The third kappa shape index (κ3) is 5.19. The zero-order chi connectivity index (χ0) is 37.0. The molecular formula is C54H36N2. The molecule has 56 heavy (non-hydrogen) atoms. The van der Waals surface area contributed by atoms with Crippen LogP contribution in [0.3, 0.4) is 0 Å².